The monoisotopic (exact) mass is 350 g/mol. The molecule has 1 heterocycles. The van der Waals surface area contributed by atoms with E-state index in [2.05, 4.69) is 22.4 Å². The maximum atomic E-state index is 11.7. The molecule has 0 aliphatic carbocycles. The van der Waals surface area contributed by atoms with Crippen LogP contribution in [0.15, 0.2) is 51.2 Å². The SMILES string of the molecule is CSc1ccc(/C=C/C(=O)NCCCSc2nccs2)cc1. The Labute approximate surface area is 143 Å². The number of carbonyl (C=O) groups is 1. The van der Waals surface area contributed by atoms with Gasteiger partial charge in [-0.05, 0) is 36.4 Å². The molecular formula is C16H18N2OS3. The van der Waals surface area contributed by atoms with E-state index in [1.54, 1.807) is 40.9 Å². The molecule has 1 aromatic heterocycles. The summed E-state index contributed by atoms with van der Waals surface area (Å²) < 4.78 is 1.08. The van der Waals surface area contributed by atoms with Gasteiger partial charge in [-0.15, -0.1) is 23.1 Å². The predicted molar refractivity (Wildman–Crippen MR) is 97.7 cm³/mol. The van der Waals surface area contributed by atoms with Gasteiger partial charge in [0.2, 0.25) is 5.91 Å². The highest BCUT2D eigenvalue weighted by molar-refractivity contribution is 8.01. The fourth-order valence-corrected chi connectivity index (χ4v) is 3.73. The Morgan fingerprint density at radius 1 is 1.36 bits per heavy atom. The maximum absolute atomic E-state index is 11.7. The molecule has 0 saturated carbocycles. The lowest BCUT2D eigenvalue weighted by molar-refractivity contribution is -0.116. The number of carbonyl (C=O) groups excluding carboxylic acids is 1. The Morgan fingerprint density at radius 2 is 2.18 bits per heavy atom. The van der Waals surface area contributed by atoms with E-state index in [0.29, 0.717) is 6.54 Å². The number of nitrogens with one attached hydrogen (secondary N) is 1. The third kappa shape index (κ3) is 6.25. The van der Waals surface area contributed by atoms with Crippen LogP contribution in [0, 0.1) is 0 Å². The van der Waals surface area contributed by atoms with Crippen molar-refractivity contribution in [2.45, 2.75) is 15.7 Å². The molecule has 0 atom stereocenters. The number of hydrogen-bond acceptors (Lipinski definition) is 5. The number of rotatable bonds is 8. The first kappa shape index (κ1) is 17.1. The van der Waals surface area contributed by atoms with Crippen LogP contribution >= 0.6 is 34.9 Å². The van der Waals surface area contributed by atoms with Crippen molar-refractivity contribution >= 4 is 46.8 Å². The standard InChI is InChI=1S/C16H18N2OS3/c1-20-14-6-3-13(4-7-14)5-8-15(19)17-9-2-11-21-16-18-10-12-22-16/h3-8,10,12H,2,9,11H2,1H3,(H,17,19)/b8-5+. The highest BCUT2D eigenvalue weighted by atomic mass is 32.2. The van der Waals surface area contributed by atoms with Crippen LogP contribution in [0.5, 0.6) is 0 Å². The molecule has 1 N–H and O–H groups in total. The molecule has 0 aliphatic heterocycles. The van der Waals surface area contributed by atoms with Gasteiger partial charge >= 0.3 is 0 Å². The minimum atomic E-state index is -0.0480. The Bertz CT molecular complexity index is 594. The topological polar surface area (TPSA) is 42.0 Å². The van der Waals surface area contributed by atoms with Gasteiger partial charge in [0, 0.05) is 34.8 Å². The molecular weight excluding hydrogens is 332 g/mol. The molecule has 1 amide bonds. The quantitative estimate of drug-likeness (QED) is 0.441. The van der Waals surface area contributed by atoms with Crippen molar-refractivity contribution in [1.29, 1.82) is 0 Å². The number of benzene rings is 1. The number of amides is 1. The second-order valence-corrected chi connectivity index (χ2v) is 7.51. The lowest BCUT2D eigenvalue weighted by Crippen LogP contribution is -2.22. The van der Waals surface area contributed by atoms with Gasteiger partial charge in [-0.3, -0.25) is 4.79 Å². The number of thiazole rings is 1. The second kappa shape index (κ2) is 9.71. The molecule has 2 aromatic rings. The summed E-state index contributed by atoms with van der Waals surface area (Å²) in [5.74, 6) is 0.918. The van der Waals surface area contributed by atoms with Crippen molar-refractivity contribution in [3.05, 3.63) is 47.5 Å². The van der Waals surface area contributed by atoms with E-state index in [1.807, 2.05) is 36.0 Å². The molecule has 6 heteroatoms. The van der Waals surface area contributed by atoms with Gasteiger partial charge in [-0.25, -0.2) is 4.98 Å². The zero-order chi connectivity index (χ0) is 15.6. The van der Waals surface area contributed by atoms with E-state index in [0.717, 1.165) is 22.1 Å². The minimum absolute atomic E-state index is 0.0480. The maximum Gasteiger partial charge on any atom is 0.243 e. The van der Waals surface area contributed by atoms with Crippen LogP contribution in [0.2, 0.25) is 0 Å². The summed E-state index contributed by atoms with van der Waals surface area (Å²) >= 11 is 5.08. The Balaban J connectivity index is 1.63. The van der Waals surface area contributed by atoms with Crippen molar-refractivity contribution in [2.75, 3.05) is 18.6 Å². The van der Waals surface area contributed by atoms with E-state index in [9.17, 15) is 4.79 Å². The van der Waals surface area contributed by atoms with Gasteiger partial charge < -0.3 is 5.32 Å². The fraction of sp³-hybridized carbons (Fsp3) is 0.250. The van der Waals surface area contributed by atoms with Crippen LogP contribution in [0.25, 0.3) is 6.08 Å². The predicted octanol–water partition coefficient (Wildman–Crippen LogP) is 4.18. The van der Waals surface area contributed by atoms with Gasteiger partial charge in [0.05, 0.1) is 0 Å². The van der Waals surface area contributed by atoms with Crippen molar-refractivity contribution in [2.24, 2.45) is 0 Å². The fourth-order valence-electron chi connectivity index (χ4n) is 1.67. The van der Waals surface area contributed by atoms with Crippen LogP contribution < -0.4 is 5.32 Å². The summed E-state index contributed by atoms with van der Waals surface area (Å²) in [4.78, 5) is 17.1. The first-order valence-electron chi connectivity index (χ1n) is 6.90. The molecule has 0 saturated heterocycles. The van der Waals surface area contributed by atoms with Gasteiger partial charge in [-0.1, -0.05) is 23.9 Å². The minimum Gasteiger partial charge on any atom is -0.353 e. The van der Waals surface area contributed by atoms with E-state index in [1.165, 1.54) is 4.90 Å². The third-order valence-electron chi connectivity index (χ3n) is 2.80. The highest BCUT2D eigenvalue weighted by Gasteiger charge is 1.98. The molecule has 0 fully saturated rings. The number of hydrogen-bond donors (Lipinski definition) is 1. The second-order valence-electron chi connectivity index (χ2n) is 4.40. The Kier molecular flexibility index (Phi) is 7.56. The average molecular weight is 351 g/mol. The van der Waals surface area contributed by atoms with Gasteiger partial charge in [0.15, 0.2) is 0 Å². The first-order chi connectivity index (χ1) is 10.8. The van der Waals surface area contributed by atoms with E-state index < -0.39 is 0 Å². The summed E-state index contributed by atoms with van der Waals surface area (Å²) in [6.45, 7) is 0.687. The van der Waals surface area contributed by atoms with Crippen LogP contribution in [-0.4, -0.2) is 29.4 Å². The number of nitrogens with zero attached hydrogens (tertiary/aromatic N) is 1. The largest absolute Gasteiger partial charge is 0.353 e. The van der Waals surface area contributed by atoms with Gasteiger partial charge in [-0.2, -0.15) is 0 Å². The average Bonchev–Trinajstić information content (AvgIpc) is 3.06. The zero-order valence-corrected chi connectivity index (χ0v) is 14.8. The molecule has 0 bridgehead atoms. The molecule has 0 unspecified atom stereocenters. The van der Waals surface area contributed by atoms with Crippen LogP contribution in [0.3, 0.4) is 0 Å². The first-order valence-corrected chi connectivity index (χ1v) is 9.99. The van der Waals surface area contributed by atoms with Crippen molar-refractivity contribution in [3.8, 4) is 0 Å². The molecule has 22 heavy (non-hydrogen) atoms. The molecule has 0 radical (unpaired) electrons. The third-order valence-corrected chi connectivity index (χ3v) is 5.59. The van der Waals surface area contributed by atoms with Gasteiger partial charge in [0.1, 0.15) is 4.34 Å². The van der Waals surface area contributed by atoms with Crippen molar-refractivity contribution in [3.63, 3.8) is 0 Å². The summed E-state index contributed by atoms with van der Waals surface area (Å²) in [6.07, 6.45) is 8.22. The highest BCUT2D eigenvalue weighted by Crippen LogP contribution is 2.20. The van der Waals surface area contributed by atoms with Crippen molar-refractivity contribution < 1.29 is 4.79 Å². The van der Waals surface area contributed by atoms with E-state index in [4.69, 9.17) is 0 Å². The Hall–Kier alpha value is -1.24. The molecule has 3 nitrogen and oxygen atoms in total. The molecule has 0 spiro atoms. The lowest BCUT2D eigenvalue weighted by Gasteiger charge is -2.01. The van der Waals surface area contributed by atoms with E-state index in [-0.39, 0.29) is 5.91 Å². The van der Waals surface area contributed by atoms with Crippen molar-refractivity contribution in [1.82, 2.24) is 10.3 Å². The summed E-state index contributed by atoms with van der Waals surface area (Å²) in [5.41, 5.74) is 1.03. The van der Waals surface area contributed by atoms with Crippen LogP contribution in [-0.2, 0) is 4.79 Å². The Morgan fingerprint density at radius 3 is 2.86 bits per heavy atom. The zero-order valence-electron chi connectivity index (χ0n) is 12.3. The number of thioether (sulfide) groups is 2. The van der Waals surface area contributed by atoms with Crippen LogP contribution in [0.1, 0.15) is 12.0 Å². The van der Waals surface area contributed by atoms with Crippen LogP contribution in [0.4, 0.5) is 0 Å². The molecule has 116 valence electrons. The van der Waals surface area contributed by atoms with E-state index >= 15 is 0 Å². The summed E-state index contributed by atoms with van der Waals surface area (Å²) in [7, 11) is 0. The van der Waals surface area contributed by atoms with Gasteiger partial charge in [0.25, 0.3) is 0 Å². The lowest BCUT2D eigenvalue weighted by atomic mass is 10.2. The summed E-state index contributed by atoms with van der Waals surface area (Å²) in [6, 6.07) is 8.14. The number of aromatic nitrogens is 1. The molecule has 2 rings (SSSR count). The smallest absolute Gasteiger partial charge is 0.243 e. The molecule has 1 aromatic carbocycles. The molecule has 0 aliphatic rings. The normalized spacial score (nSPS) is 11.0. The summed E-state index contributed by atoms with van der Waals surface area (Å²) in [5, 5.41) is 4.87.